The fourth-order valence-corrected chi connectivity index (χ4v) is 4.00. The maximum atomic E-state index is 12.4. The van der Waals surface area contributed by atoms with Gasteiger partial charge in [-0.2, -0.15) is 0 Å². The Labute approximate surface area is 207 Å². The van der Waals surface area contributed by atoms with E-state index in [9.17, 15) is 19.2 Å². The highest BCUT2D eigenvalue weighted by Gasteiger charge is 2.30. The number of rotatable bonds is 6. The summed E-state index contributed by atoms with van der Waals surface area (Å²) in [6.07, 6.45) is 2.28. The summed E-state index contributed by atoms with van der Waals surface area (Å²) >= 11 is 11.7. The van der Waals surface area contributed by atoms with Gasteiger partial charge in [-0.25, -0.2) is 0 Å². The zero-order chi connectivity index (χ0) is 24.5. The molecule has 0 aliphatic heterocycles. The summed E-state index contributed by atoms with van der Waals surface area (Å²) in [6, 6.07) is 13.8. The number of carbonyl (C=O) groups is 4. The number of nitrogens with one attached hydrogen (secondary N) is 4. The molecule has 0 bridgehead atoms. The molecule has 3 rings (SSSR count). The van der Waals surface area contributed by atoms with Crippen molar-refractivity contribution in [2.24, 2.45) is 11.8 Å². The molecular formula is C24H26Cl2N4O4. The molecule has 0 heterocycles. The zero-order valence-corrected chi connectivity index (χ0v) is 19.9. The summed E-state index contributed by atoms with van der Waals surface area (Å²) in [5.74, 6) is -1.81. The third-order valence-corrected chi connectivity index (χ3v) is 6.18. The van der Waals surface area contributed by atoms with E-state index in [1.165, 1.54) is 0 Å². The first-order chi connectivity index (χ1) is 16.3. The normalized spacial score (nSPS) is 17.4. The number of hydrogen-bond acceptors (Lipinski definition) is 4. The van der Waals surface area contributed by atoms with Crippen molar-refractivity contribution in [3.63, 3.8) is 0 Å². The fraction of sp³-hybridized carbons (Fsp3) is 0.333. The molecule has 1 aliphatic carbocycles. The minimum absolute atomic E-state index is 0.119. The van der Waals surface area contributed by atoms with Gasteiger partial charge in [-0.15, -0.1) is 0 Å². The number of hydrogen-bond donors (Lipinski definition) is 4. The van der Waals surface area contributed by atoms with Crippen molar-refractivity contribution in [2.75, 3.05) is 0 Å². The monoisotopic (exact) mass is 504 g/mol. The van der Waals surface area contributed by atoms with Gasteiger partial charge >= 0.3 is 0 Å². The highest BCUT2D eigenvalue weighted by Crippen LogP contribution is 2.28. The van der Waals surface area contributed by atoms with Gasteiger partial charge in [0, 0.05) is 21.9 Å². The van der Waals surface area contributed by atoms with Crippen LogP contribution in [-0.2, 0) is 32.0 Å². The number of halogens is 2. The van der Waals surface area contributed by atoms with Crippen LogP contribution in [0, 0.1) is 11.8 Å². The molecule has 2 aromatic rings. The Kier molecular flexibility index (Phi) is 9.30. The van der Waals surface area contributed by atoms with Crippen molar-refractivity contribution >= 4 is 46.8 Å². The molecule has 0 atom stereocenters. The van der Waals surface area contributed by atoms with Crippen LogP contribution in [0.15, 0.2) is 48.5 Å². The summed E-state index contributed by atoms with van der Waals surface area (Å²) in [7, 11) is 0. The second-order valence-corrected chi connectivity index (χ2v) is 9.10. The maximum absolute atomic E-state index is 12.4. The minimum atomic E-state index is -0.335. The Hall–Kier alpha value is -3.10. The Morgan fingerprint density at radius 2 is 0.912 bits per heavy atom. The van der Waals surface area contributed by atoms with E-state index >= 15 is 0 Å². The molecule has 8 nitrogen and oxygen atoms in total. The van der Waals surface area contributed by atoms with Crippen molar-refractivity contribution in [3.05, 3.63) is 69.7 Å². The van der Waals surface area contributed by atoms with Crippen LogP contribution in [0.4, 0.5) is 0 Å². The van der Waals surface area contributed by atoms with Crippen LogP contribution < -0.4 is 21.7 Å². The summed E-state index contributed by atoms with van der Waals surface area (Å²) in [5.41, 5.74) is 11.3. The SMILES string of the molecule is O=C(Cc1ccc(Cl)cc1)NNC(=O)C1CCC(C(=O)NNC(=O)Cc2ccc(Cl)cc2)CC1. The number of carbonyl (C=O) groups excluding carboxylic acids is 4. The maximum Gasteiger partial charge on any atom is 0.242 e. The van der Waals surface area contributed by atoms with Crippen molar-refractivity contribution in [1.29, 1.82) is 0 Å². The standard InChI is InChI=1S/C24H26Cl2N4O4/c25-19-9-1-15(2-10-19)13-21(31)27-29-23(33)17-5-7-18(8-6-17)24(34)30-28-22(32)14-16-3-11-20(26)12-4-16/h1-4,9-12,17-18H,5-8,13-14H2,(H,27,31)(H,28,32)(H,29,33)(H,30,34). The highest BCUT2D eigenvalue weighted by molar-refractivity contribution is 6.30. The quantitative estimate of drug-likeness (QED) is 0.452. The number of hydrazine groups is 2. The molecule has 4 N–H and O–H groups in total. The van der Waals surface area contributed by atoms with Gasteiger partial charge in [-0.3, -0.25) is 40.9 Å². The lowest BCUT2D eigenvalue weighted by molar-refractivity contribution is -0.134. The number of benzene rings is 2. The molecule has 2 aromatic carbocycles. The topological polar surface area (TPSA) is 116 Å². The second-order valence-electron chi connectivity index (χ2n) is 8.23. The fourth-order valence-electron chi connectivity index (χ4n) is 3.75. The molecule has 34 heavy (non-hydrogen) atoms. The molecule has 0 unspecified atom stereocenters. The van der Waals surface area contributed by atoms with Gasteiger partial charge in [0.2, 0.25) is 23.6 Å². The Bertz CT molecular complexity index is 937. The van der Waals surface area contributed by atoms with Gasteiger partial charge in [0.15, 0.2) is 0 Å². The van der Waals surface area contributed by atoms with Crippen LogP contribution in [0.1, 0.15) is 36.8 Å². The van der Waals surface area contributed by atoms with E-state index in [-0.39, 0.29) is 48.3 Å². The predicted molar refractivity (Wildman–Crippen MR) is 128 cm³/mol. The third kappa shape index (κ3) is 8.04. The van der Waals surface area contributed by atoms with E-state index in [0.29, 0.717) is 35.7 Å². The van der Waals surface area contributed by atoms with Gasteiger partial charge in [-0.1, -0.05) is 47.5 Å². The van der Waals surface area contributed by atoms with E-state index in [1.54, 1.807) is 48.5 Å². The average Bonchev–Trinajstić information content (AvgIpc) is 2.84. The van der Waals surface area contributed by atoms with Gasteiger partial charge in [0.05, 0.1) is 12.8 Å². The van der Waals surface area contributed by atoms with Crippen LogP contribution >= 0.6 is 23.2 Å². The van der Waals surface area contributed by atoms with Gasteiger partial charge in [0.25, 0.3) is 0 Å². The lowest BCUT2D eigenvalue weighted by atomic mass is 9.81. The smallest absolute Gasteiger partial charge is 0.242 e. The van der Waals surface area contributed by atoms with E-state index in [2.05, 4.69) is 21.7 Å². The molecule has 0 spiro atoms. The first kappa shape index (κ1) is 25.5. The molecule has 0 aromatic heterocycles. The molecule has 10 heteroatoms. The molecular weight excluding hydrogens is 479 g/mol. The Balaban J connectivity index is 1.33. The second kappa shape index (κ2) is 12.4. The molecule has 1 saturated carbocycles. The summed E-state index contributed by atoms with van der Waals surface area (Å²) in [5, 5.41) is 1.17. The first-order valence-electron chi connectivity index (χ1n) is 11.0. The highest BCUT2D eigenvalue weighted by atomic mass is 35.5. The van der Waals surface area contributed by atoms with Crippen molar-refractivity contribution < 1.29 is 19.2 Å². The van der Waals surface area contributed by atoms with Crippen LogP contribution in [0.2, 0.25) is 10.0 Å². The van der Waals surface area contributed by atoms with Crippen LogP contribution in [-0.4, -0.2) is 23.6 Å². The van der Waals surface area contributed by atoms with Crippen molar-refractivity contribution in [2.45, 2.75) is 38.5 Å². The van der Waals surface area contributed by atoms with E-state index in [1.807, 2.05) is 0 Å². The van der Waals surface area contributed by atoms with Crippen LogP contribution in [0.3, 0.4) is 0 Å². The predicted octanol–water partition coefficient (Wildman–Crippen LogP) is 2.88. The van der Waals surface area contributed by atoms with Gasteiger partial charge in [0.1, 0.15) is 0 Å². The summed E-state index contributed by atoms with van der Waals surface area (Å²) in [4.78, 5) is 48.8. The van der Waals surface area contributed by atoms with E-state index < -0.39 is 0 Å². The lowest BCUT2D eigenvalue weighted by Gasteiger charge is -2.27. The molecule has 0 saturated heterocycles. The number of amides is 4. The average molecular weight is 505 g/mol. The van der Waals surface area contributed by atoms with Crippen LogP contribution in [0.25, 0.3) is 0 Å². The third-order valence-electron chi connectivity index (χ3n) is 5.67. The van der Waals surface area contributed by atoms with Gasteiger partial charge < -0.3 is 0 Å². The molecule has 180 valence electrons. The first-order valence-corrected chi connectivity index (χ1v) is 11.7. The largest absolute Gasteiger partial charge is 0.273 e. The molecule has 4 amide bonds. The lowest BCUT2D eigenvalue weighted by Crippen LogP contribution is -2.48. The van der Waals surface area contributed by atoms with E-state index in [0.717, 1.165) is 11.1 Å². The van der Waals surface area contributed by atoms with Gasteiger partial charge in [-0.05, 0) is 61.1 Å². The molecule has 1 fully saturated rings. The summed E-state index contributed by atoms with van der Waals surface area (Å²) < 4.78 is 0. The molecule has 1 aliphatic rings. The van der Waals surface area contributed by atoms with E-state index in [4.69, 9.17) is 23.2 Å². The summed E-state index contributed by atoms with van der Waals surface area (Å²) in [6.45, 7) is 0. The minimum Gasteiger partial charge on any atom is -0.273 e. The van der Waals surface area contributed by atoms with Crippen molar-refractivity contribution in [1.82, 2.24) is 21.7 Å². The zero-order valence-electron chi connectivity index (χ0n) is 18.4. The van der Waals surface area contributed by atoms with Crippen molar-refractivity contribution in [3.8, 4) is 0 Å². The Morgan fingerprint density at radius 1 is 0.588 bits per heavy atom. The Morgan fingerprint density at radius 3 is 1.24 bits per heavy atom. The van der Waals surface area contributed by atoms with Crippen LogP contribution in [0.5, 0.6) is 0 Å². The molecule has 0 radical (unpaired) electrons.